The summed E-state index contributed by atoms with van der Waals surface area (Å²) in [7, 11) is 0. The largest absolute Gasteiger partial charge is 0.328 e. The minimum atomic E-state index is -1.18. The second-order valence-electron chi connectivity index (χ2n) is 4.14. The van der Waals surface area contributed by atoms with Crippen LogP contribution in [-0.4, -0.2) is 47.4 Å². The Kier molecular flexibility index (Phi) is 6.09. The van der Waals surface area contributed by atoms with Crippen LogP contribution in [0, 0.1) is 11.3 Å². The van der Waals surface area contributed by atoms with Crippen molar-refractivity contribution in [3.63, 3.8) is 0 Å². The Bertz CT molecular complexity index is 344. The normalized spacial score (nSPS) is 18.9. The predicted octanol–water partition coefficient (Wildman–Crippen LogP) is 0.580. The van der Waals surface area contributed by atoms with Gasteiger partial charge in [0.2, 0.25) is 11.8 Å². The van der Waals surface area contributed by atoms with E-state index >= 15 is 0 Å². The average Bonchev–Trinajstić information content (AvgIpc) is 2.16. The van der Waals surface area contributed by atoms with Crippen LogP contribution in [0.2, 0.25) is 0 Å². The molecule has 1 rings (SSSR count). The third-order valence-corrected chi connectivity index (χ3v) is 2.93. The van der Waals surface area contributed by atoms with Crippen LogP contribution in [0.3, 0.4) is 0 Å². The molecule has 4 amide bonds. The van der Waals surface area contributed by atoms with E-state index < -0.39 is 23.3 Å². The van der Waals surface area contributed by atoms with Gasteiger partial charge in [-0.1, -0.05) is 26.0 Å². The molecule has 0 aliphatic carbocycles. The number of carbonyl (C=O) groups is 3. The first-order chi connectivity index (χ1) is 7.45. The number of amides is 4. The number of hydrogen-bond acceptors (Lipinski definition) is 3. The van der Waals surface area contributed by atoms with Crippen molar-refractivity contribution >= 4 is 47.4 Å². The fourth-order valence-electron chi connectivity index (χ4n) is 1.81. The van der Waals surface area contributed by atoms with Gasteiger partial charge in [0.1, 0.15) is 5.41 Å². The molecule has 0 unspecified atom stereocenters. The number of nitrogens with one attached hydrogen (secondary N) is 2. The molecule has 6 heteroatoms. The number of hydrogen-bond donors (Lipinski definition) is 2. The Morgan fingerprint density at radius 3 is 2.00 bits per heavy atom. The maximum Gasteiger partial charge on any atom is 0.328 e. The van der Waals surface area contributed by atoms with E-state index in [0.717, 1.165) is 0 Å². The minimum absolute atomic E-state index is 0. The van der Waals surface area contributed by atoms with Crippen LogP contribution in [0.25, 0.3) is 0 Å². The summed E-state index contributed by atoms with van der Waals surface area (Å²) < 4.78 is 0. The summed E-state index contributed by atoms with van der Waals surface area (Å²) in [6.45, 7) is 5.40. The van der Waals surface area contributed by atoms with Gasteiger partial charge in [0.05, 0.1) is 0 Å². The van der Waals surface area contributed by atoms with Crippen molar-refractivity contribution in [2.24, 2.45) is 11.3 Å². The van der Waals surface area contributed by atoms with Crippen molar-refractivity contribution in [3.8, 4) is 0 Å². The Morgan fingerprint density at radius 1 is 1.18 bits per heavy atom. The molecule has 0 aromatic heterocycles. The van der Waals surface area contributed by atoms with Gasteiger partial charge in [0, 0.05) is 29.6 Å². The number of carbonyl (C=O) groups excluding carboxylic acids is 3. The van der Waals surface area contributed by atoms with Crippen molar-refractivity contribution in [3.05, 3.63) is 12.2 Å². The van der Waals surface area contributed by atoms with Crippen LogP contribution in [0.5, 0.6) is 0 Å². The van der Waals surface area contributed by atoms with Gasteiger partial charge in [-0.25, -0.2) is 4.79 Å². The molecule has 0 saturated carbocycles. The standard InChI is InChI=1S/C11H16N2O3.Na/c1-4-5-6-11(7(2)3)8(14)12-10(16)13-9(11)15;/h4-5,7H,6H2,1-3H3,(H2,12,13,14,15,16);. The molecule has 0 aromatic carbocycles. The fraction of sp³-hybridized carbons (Fsp3) is 0.545. The zero-order valence-electron chi connectivity index (χ0n) is 10.7. The van der Waals surface area contributed by atoms with Gasteiger partial charge in [-0.15, -0.1) is 0 Å². The molecule has 0 bridgehead atoms. The molecule has 1 aliphatic heterocycles. The molecule has 1 saturated heterocycles. The summed E-state index contributed by atoms with van der Waals surface area (Å²) in [5.41, 5.74) is -1.18. The Balaban J connectivity index is 0.00000256. The second-order valence-corrected chi connectivity index (χ2v) is 4.14. The molecule has 1 heterocycles. The summed E-state index contributed by atoms with van der Waals surface area (Å²) in [5, 5.41) is 4.29. The Morgan fingerprint density at radius 2 is 1.65 bits per heavy atom. The third kappa shape index (κ3) is 2.97. The monoisotopic (exact) mass is 247 g/mol. The van der Waals surface area contributed by atoms with Crippen LogP contribution in [0.4, 0.5) is 4.79 Å². The van der Waals surface area contributed by atoms with Crippen molar-refractivity contribution in [1.82, 2.24) is 10.6 Å². The van der Waals surface area contributed by atoms with E-state index in [1.807, 2.05) is 6.92 Å². The molecule has 2 N–H and O–H groups in total. The molecule has 17 heavy (non-hydrogen) atoms. The maximum absolute atomic E-state index is 11.9. The first kappa shape index (κ1) is 16.4. The predicted molar refractivity (Wildman–Crippen MR) is 64.1 cm³/mol. The van der Waals surface area contributed by atoms with E-state index in [9.17, 15) is 14.4 Å². The number of allylic oxidation sites excluding steroid dienone is 2. The number of rotatable bonds is 3. The zero-order valence-corrected chi connectivity index (χ0v) is 12.7. The van der Waals surface area contributed by atoms with Gasteiger partial charge in [-0.05, 0) is 19.3 Å². The minimum Gasteiger partial charge on any atom is -0.277 e. The maximum atomic E-state index is 11.9. The topological polar surface area (TPSA) is 75.3 Å². The third-order valence-electron chi connectivity index (χ3n) is 2.93. The van der Waals surface area contributed by atoms with Crippen LogP contribution in [0.1, 0.15) is 27.2 Å². The summed E-state index contributed by atoms with van der Waals surface area (Å²) in [4.78, 5) is 34.7. The van der Waals surface area contributed by atoms with Crippen molar-refractivity contribution in [2.75, 3.05) is 0 Å². The molecular weight excluding hydrogens is 231 g/mol. The number of urea groups is 1. The molecular formula is C11H16N2NaO3. The van der Waals surface area contributed by atoms with E-state index in [0.29, 0.717) is 6.42 Å². The summed E-state index contributed by atoms with van der Waals surface area (Å²) in [5.74, 6) is -1.22. The summed E-state index contributed by atoms with van der Waals surface area (Å²) in [6.07, 6.45) is 3.84. The van der Waals surface area contributed by atoms with Crippen LogP contribution in [-0.2, 0) is 9.59 Å². The Labute approximate surface area is 123 Å². The fourth-order valence-corrected chi connectivity index (χ4v) is 1.81. The van der Waals surface area contributed by atoms with E-state index in [4.69, 9.17) is 0 Å². The van der Waals surface area contributed by atoms with E-state index in [1.54, 1.807) is 26.0 Å². The second kappa shape index (κ2) is 6.33. The SMILES string of the molecule is CC=CCC1(C(C)C)C(=O)NC(=O)NC1=O.[Na]. The Hall–Kier alpha value is -0.650. The molecule has 0 atom stereocenters. The number of barbiturate groups is 1. The molecule has 0 aromatic rings. The molecule has 1 fully saturated rings. The van der Waals surface area contributed by atoms with Gasteiger partial charge in [0.15, 0.2) is 0 Å². The average molecular weight is 247 g/mol. The molecule has 5 nitrogen and oxygen atoms in total. The summed E-state index contributed by atoms with van der Waals surface area (Å²) >= 11 is 0. The first-order valence-corrected chi connectivity index (χ1v) is 5.23. The van der Waals surface area contributed by atoms with Crippen LogP contribution >= 0.6 is 0 Å². The van der Waals surface area contributed by atoms with Crippen molar-refractivity contribution < 1.29 is 14.4 Å². The van der Waals surface area contributed by atoms with Crippen molar-refractivity contribution in [2.45, 2.75) is 27.2 Å². The zero-order chi connectivity index (χ0) is 12.3. The smallest absolute Gasteiger partial charge is 0.277 e. The van der Waals surface area contributed by atoms with Gasteiger partial charge in [-0.3, -0.25) is 20.2 Å². The van der Waals surface area contributed by atoms with Gasteiger partial charge >= 0.3 is 6.03 Å². The molecule has 1 radical (unpaired) electrons. The molecule has 0 spiro atoms. The van der Waals surface area contributed by atoms with E-state index in [1.165, 1.54) is 0 Å². The van der Waals surface area contributed by atoms with E-state index in [2.05, 4.69) is 10.6 Å². The summed E-state index contributed by atoms with van der Waals surface area (Å²) in [6, 6.07) is -0.744. The molecule has 1 aliphatic rings. The van der Waals surface area contributed by atoms with Gasteiger partial charge in [0.25, 0.3) is 0 Å². The van der Waals surface area contributed by atoms with Gasteiger partial charge < -0.3 is 0 Å². The van der Waals surface area contributed by atoms with Crippen LogP contribution in [0.15, 0.2) is 12.2 Å². The first-order valence-electron chi connectivity index (χ1n) is 5.23. The van der Waals surface area contributed by atoms with Crippen molar-refractivity contribution in [1.29, 1.82) is 0 Å². The van der Waals surface area contributed by atoms with Crippen LogP contribution < -0.4 is 10.6 Å². The van der Waals surface area contributed by atoms with Gasteiger partial charge in [-0.2, -0.15) is 0 Å². The van der Waals surface area contributed by atoms with E-state index in [-0.39, 0.29) is 35.5 Å². The number of imide groups is 2. The molecule has 89 valence electrons. The quantitative estimate of drug-likeness (QED) is 0.435.